The van der Waals surface area contributed by atoms with Crippen LogP contribution in [0.5, 0.6) is 0 Å². The van der Waals surface area contributed by atoms with Gasteiger partial charge in [-0.15, -0.1) is 0 Å². The Morgan fingerprint density at radius 1 is 1.21 bits per heavy atom. The monoisotopic (exact) mass is 465 g/mol. The molecule has 0 bridgehead atoms. The van der Waals surface area contributed by atoms with E-state index in [1.165, 1.54) is 24.8 Å². The van der Waals surface area contributed by atoms with Crippen LogP contribution in [-0.2, 0) is 9.53 Å². The van der Waals surface area contributed by atoms with Gasteiger partial charge in [-0.3, -0.25) is 9.59 Å². The van der Waals surface area contributed by atoms with Crippen LogP contribution in [0.1, 0.15) is 56.1 Å². The number of rotatable bonds is 5. The predicted octanol–water partition coefficient (Wildman–Crippen LogP) is 2.87. The molecule has 182 valence electrons. The largest absolute Gasteiger partial charge is 0.377 e. The zero-order valence-corrected chi connectivity index (χ0v) is 19.9. The minimum Gasteiger partial charge on any atom is -0.377 e. The lowest BCUT2D eigenvalue weighted by Crippen LogP contribution is -2.53. The first kappa shape index (κ1) is 23.1. The molecule has 2 aromatic rings. The van der Waals surface area contributed by atoms with E-state index in [0.717, 1.165) is 43.2 Å². The molecular weight excluding hydrogens is 430 g/mol. The van der Waals surface area contributed by atoms with Gasteiger partial charge in [0, 0.05) is 41.3 Å². The number of nitrogens with zero attached hydrogens (tertiary/aromatic N) is 1. The molecule has 3 aliphatic rings. The Balaban J connectivity index is 1.43. The van der Waals surface area contributed by atoms with Crippen molar-refractivity contribution >= 4 is 28.2 Å². The molecule has 0 aromatic carbocycles. The lowest BCUT2D eigenvalue weighted by Gasteiger charge is -2.34. The number of pyridine rings is 2. The molecule has 1 saturated heterocycles. The molecule has 2 atom stereocenters. The van der Waals surface area contributed by atoms with E-state index in [1.807, 2.05) is 19.2 Å². The van der Waals surface area contributed by atoms with Crippen molar-refractivity contribution < 1.29 is 9.53 Å². The summed E-state index contributed by atoms with van der Waals surface area (Å²) in [5.41, 5.74) is 3.47. The van der Waals surface area contributed by atoms with Gasteiger partial charge >= 0.3 is 0 Å². The number of aromatic amines is 1. The second kappa shape index (κ2) is 10.3. The molecule has 1 amide bonds. The van der Waals surface area contributed by atoms with E-state index in [1.54, 1.807) is 0 Å². The van der Waals surface area contributed by atoms with Gasteiger partial charge in [0.15, 0.2) is 5.82 Å². The van der Waals surface area contributed by atoms with Crippen molar-refractivity contribution in [3.63, 3.8) is 0 Å². The second-order valence-electron chi connectivity index (χ2n) is 9.84. The summed E-state index contributed by atoms with van der Waals surface area (Å²) in [6.07, 6.45) is 11.4. The molecule has 8 nitrogen and oxygen atoms in total. The van der Waals surface area contributed by atoms with Gasteiger partial charge in [0.05, 0.1) is 24.6 Å². The van der Waals surface area contributed by atoms with Crippen molar-refractivity contribution in [1.29, 1.82) is 0 Å². The van der Waals surface area contributed by atoms with E-state index in [-0.39, 0.29) is 29.5 Å². The lowest BCUT2D eigenvalue weighted by molar-refractivity contribution is -0.126. The van der Waals surface area contributed by atoms with Crippen LogP contribution in [0.4, 0.5) is 5.82 Å². The van der Waals surface area contributed by atoms with Crippen molar-refractivity contribution in [2.75, 3.05) is 31.6 Å². The van der Waals surface area contributed by atoms with E-state index >= 15 is 0 Å². The summed E-state index contributed by atoms with van der Waals surface area (Å²) in [6, 6.07) is 2.18. The van der Waals surface area contributed by atoms with Crippen LogP contribution < -0.4 is 21.5 Å². The normalized spacial score (nSPS) is 24.0. The average molecular weight is 466 g/mol. The molecule has 4 heterocycles. The highest BCUT2D eigenvalue weighted by Crippen LogP contribution is 2.31. The highest BCUT2D eigenvalue weighted by molar-refractivity contribution is 5.97. The van der Waals surface area contributed by atoms with Gasteiger partial charge in [0.25, 0.3) is 5.56 Å². The smallest absolute Gasteiger partial charge is 0.251 e. The number of carbonyl (C=O) groups excluding carboxylic acids is 1. The topological polar surface area (TPSA) is 108 Å². The van der Waals surface area contributed by atoms with E-state index in [4.69, 9.17) is 9.72 Å². The quantitative estimate of drug-likeness (QED) is 0.541. The van der Waals surface area contributed by atoms with Crippen LogP contribution in [0.2, 0.25) is 0 Å². The minimum atomic E-state index is -0.192. The first-order valence-corrected chi connectivity index (χ1v) is 12.7. The Kier molecular flexibility index (Phi) is 6.97. The number of amides is 1. The van der Waals surface area contributed by atoms with Crippen molar-refractivity contribution in [2.24, 2.45) is 5.92 Å². The molecule has 2 fully saturated rings. The molecule has 1 aliphatic carbocycles. The fourth-order valence-electron chi connectivity index (χ4n) is 5.47. The number of hydrogen-bond acceptors (Lipinski definition) is 6. The molecule has 5 rings (SSSR count). The fraction of sp³-hybridized carbons (Fsp3) is 0.577. The van der Waals surface area contributed by atoms with Crippen LogP contribution in [0.25, 0.3) is 16.5 Å². The number of ether oxygens (including phenoxy) is 1. The van der Waals surface area contributed by atoms with Crippen LogP contribution >= 0.6 is 0 Å². The molecule has 2 aromatic heterocycles. The first-order chi connectivity index (χ1) is 16.6. The lowest BCUT2D eigenvalue weighted by atomic mass is 9.90. The molecule has 0 radical (unpaired) electrons. The number of aromatic nitrogens is 2. The van der Waals surface area contributed by atoms with Gasteiger partial charge in [-0.25, -0.2) is 4.98 Å². The number of fused-ring (bicyclic) bond motifs is 1. The molecule has 8 heteroatoms. The Morgan fingerprint density at radius 3 is 2.85 bits per heavy atom. The number of nitrogens with one attached hydrogen (secondary N) is 4. The van der Waals surface area contributed by atoms with Gasteiger partial charge in [0.2, 0.25) is 5.91 Å². The number of H-pyrrole nitrogens is 1. The average Bonchev–Trinajstić information content (AvgIpc) is 2.86. The van der Waals surface area contributed by atoms with Gasteiger partial charge in [-0.2, -0.15) is 0 Å². The summed E-state index contributed by atoms with van der Waals surface area (Å²) in [4.78, 5) is 33.5. The third-order valence-electron chi connectivity index (χ3n) is 7.48. The van der Waals surface area contributed by atoms with Gasteiger partial charge in [0.1, 0.15) is 0 Å². The summed E-state index contributed by atoms with van der Waals surface area (Å²) in [5.74, 6) is 0.544. The Labute approximate surface area is 200 Å². The Hall–Kier alpha value is -2.71. The van der Waals surface area contributed by atoms with E-state index < -0.39 is 0 Å². The molecule has 34 heavy (non-hydrogen) atoms. The highest BCUT2D eigenvalue weighted by atomic mass is 16.5. The number of carbonyl (C=O) groups is 1. The van der Waals surface area contributed by atoms with E-state index in [0.29, 0.717) is 36.7 Å². The SMILES string of the molecule is Cc1cc2c(C3=CCOCC3)cnc(N[C@@H]3CCNC[C@H]3C(=O)NC3CCCCC3)c2[nH]c1=O. The molecule has 0 spiro atoms. The zero-order chi connectivity index (χ0) is 23.5. The summed E-state index contributed by atoms with van der Waals surface area (Å²) in [6.45, 7) is 4.57. The van der Waals surface area contributed by atoms with Crippen LogP contribution in [0, 0.1) is 12.8 Å². The van der Waals surface area contributed by atoms with Crippen molar-refractivity contribution in [1.82, 2.24) is 20.6 Å². The fourth-order valence-corrected chi connectivity index (χ4v) is 5.47. The highest BCUT2D eigenvalue weighted by Gasteiger charge is 2.33. The molecule has 0 unspecified atom stereocenters. The van der Waals surface area contributed by atoms with Crippen molar-refractivity contribution in [3.05, 3.63) is 39.8 Å². The van der Waals surface area contributed by atoms with Crippen LogP contribution in [0.15, 0.2) is 23.1 Å². The molecule has 2 aliphatic heterocycles. The van der Waals surface area contributed by atoms with Crippen molar-refractivity contribution in [3.8, 4) is 0 Å². The Morgan fingerprint density at radius 2 is 2.06 bits per heavy atom. The van der Waals surface area contributed by atoms with Gasteiger partial charge in [-0.1, -0.05) is 25.3 Å². The summed E-state index contributed by atoms with van der Waals surface area (Å²) in [7, 11) is 0. The third kappa shape index (κ3) is 4.88. The number of piperidine rings is 1. The van der Waals surface area contributed by atoms with Crippen LogP contribution in [-0.4, -0.2) is 54.3 Å². The maximum absolute atomic E-state index is 13.2. The molecular formula is C26H35N5O3. The predicted molar refractivity (Wildman–Crippen MR) is 134 cm³/mol. The number of aryl methyl sites for hydroxylation is 1. The Bertz CT molecular complexity index is 1140. The van der Waals surface area contributed by atoms with E-state index in [9.17, 15) is 9.59 Å². The number of anilines is 1. The maximum Gasteiger partial charge on any atom is 0.251 e. The minimum absolute atomic E-state index is 0.0570. The van der Waals surface area contributed by atoms with Gasteiger partial charge in [-0.05, 0) is 50.8 Å². The molecule has 4 N–H and O–H groups in total. The second-order valence-corrected chi connectivity index (χ2v) is 9.84. The van der Waals surface area contributed by atoms with Gasteiger partial charge < -0.3 is 25.7 Å². The zero-order valence-electron chi connectivity index (χ0n) is 19.9. The maximum atomic E-state index is 13.2. The summed E-state index contributed by atoms with van der Waals surface area (Å²) < 4.78 is 5.48. The summed E-state index contributed by atoms with van der Waals surface area (Å²) >= 11 is 0. The van der Waals surface area contributed by atoms with Crippen molar-refractivity contribution in [2.45, 2.75) is 64.0 Å². The third-order valence-corrected chi connectivity index (χ3v) is 7.48. The van der Waals surface area contributed by atoms with E-state index in [2.05, 4.69) is 27.0 Å². The molecule has 1 saturated carbocycles. The standard InChI is InChI=1S/C26H35N5O3/c1-16-13-19-20(17-8-11-34-12-9-17)15-28-24(23(19)31-25(16)32)30-22-7-10-27-14-21(22)26(33)29-18-5-3-2-4-6-18/h8,13,15,18,21-22,27H,2-7,9-12,14H2,1H3,(H,28,30)(H,29,33)(H,31,32)/t21-,22-/m1/s1. The number of hydrogen-bond donors (Lipinski definition) is 4. The summed E-state index contributed by atoms with van der Waals surface area (Å²) in [5, 5.41) is 11.2. The first-order valence-electron chi connectivity index (χ1n) is 12.7. The van der Waals surface area contributed by atoms with Crippen LogP contribution in [0.3, 0.4) is 0 Å².